The Kier molecular flexibility index (Phi) is 3.10. The van der Waals surface area contributed by atoms with Crippen molar-refractivity contribution in [1.29, 1.82) is 5.41 Å². The molecule has 3 N–H and O–H groups in total. The molecule has 0 aromatic carbocycles. The first-order valence-corrected chi connectivity index (χ1v) is 4.65. The summed E-state index contributed by atoms with van der Waals surface area (Å²) in [4.78, 5) is 3.07. The Balaban J connectivity index is 2.31. The van der Waals surface area contributed by atoms with Gasteiger partial charge in [0.1, 0.15) is 0 Å². The molecule has 0 bridgehead atoms. The number of likely N-dealkylation sites (N-methyl/N-ethyl adjacent to an activating group) is 1. The number of thiophene rings is 1. The zero-order valence-electron chi connectivity index (χ0n) is 7.08. The van der Waals surface area contributed by atoms with Gasteiger partial charge < -0.3 is 10.6 Å². The molecule has 1 aromatic rings. The number of nitrogens with zero attached hydrogens (tertiary/aromatic N) is 1. The lowest BCUT2D eigenvalue weighted by Gasteiger charge is -2.15. The Hall–Kier alpha value is -1.03. The molecule has 0 aliphatic rings. The molecule has 0 radical (unpaired) electrons. The van der Waals surface area contributed by atoms with E-state index in [4.69, 9.17) is 11.1 Å². The summed E-state index contributed by atoms with van der Waals surface area (Å²) in [5.41, 5.74) is 5.29. The van der Waals surface area contributed by atoms with E-state index in [0.717, 1.165) is 13.0 Å². The molecule has 0 saturated heterocycles. The van der Waals surface area contributed by atoms with Gasteiger partial charge in [-0.25, -0.2) is 0 Å². The molecule has 0 fully saturated rings. The third-order valence-electron chi connectivity index (χ3n) is 1.68. The number of nitrogens with one attached hydrogen (secondary N) is 1. The molecule has 0 aliphatic heterocycles. The predicted molar refractivity (Wildman–Crippen MR) is 52.6 cm³/mol. The quantitative estimate of drug-likeness (QED) is 0.545. The van der Waals surface area contributed by atoms with Crippen molar-refractivity contribution >= 4 is 17.3 Å². The molecule has 1 heterocycles. The van der Waals surface area contributed by atoms with Crippen molar-refractivity contribution in [3.05, 3.63) is 22.4 Å². The molecule has 1 rings (SSSR count). The topological polar surface area (TPSA) is 53.1 Å². The lowest BCUT2D eigenvalue weighted by atomic mass is 10.3. The van der Waals surface area contributed by atoms with Gasteiger partial charge in [-0.2, -0.15) is 0 Å². The first kappa shape index (κ1) is 9.06. The molecule has 3 nitrogen and oxygen atoms in total. The number of rotatable bonds is 3. The summed E-state index contributed by atoms with van der Waals surface area (Å²) in [7, 11) is 1.83. The Morgan fingerprint density at radius 1 is 1.75 bits per heavy atom. The minimum atomic E-state index is 0.131. The van der Waals surface area contributed by atoms with Crippen molar-refractivity contribution in [3.8, 4) is 0 Å². The van der Waals surface area contributed by atoms with E-state index in [-0.39, 0.29) is 5.96 Å². The van der Waals surface area contributed by atoms with Crippen LogP contribution in [0, 0.1) is 5.41 Å². The number of hydrogen-bond acceptors (Lipinski definition) is 2. The molecule has 1 aromatic heterocycles. The monoisotopic (exact) mass is 183 g/mol. The van der Waals surface area contributed by atoms with E-state index in [1.807, 2.05) is 13.1 Å². The van der Waals surface area contributed by atoms with Gasteiger partial charge in [0, 0.05) is 18.5 Å². The average Bonchev–Trinajstić information content (AvgIpc) is 2.51. The average molecular weight is 183 g/mol. The first-order valence-electron chi connectivity index (χ1n) is 3.77. The van der Waals surface area contributed by atoms with Crippen LogP contribution in [0.1, 0.15) is 4.88 Å². The van der Waals surface area contributed by atoms with Gasteiger partial charge in [0.2, 0.25) is 0 Å². The van der Waals surface area contributed by atoms with Crippen LogP contribution in [-0.4, -0.2) is 24.5 Å². The van der Waals surface area contributed by atoms with E-state index in [1.165, 1.54) is 4.88 Å². The number of hydrogen-bond donors (Lipinski definition) is 2. The lowest BCUT2D eigenvalue weighted by molar-refractivity contribution is 0.501. The number of guanidine groups is 1. The molecular weight excluding hydrogens is 170 g/mol. The van der Waals surface area contributed by atoms with Gasteiger partial charge in [0.25, 0.3) is 0 Å². The second kappa shape index (κ2) is 4.11. The maximum atomic E-state index is 7.14. The Labute approximate surface area is 76.3 Å². The van der Waals surface area contributed by atoms with Crippen molar-refractivity contribution in [1.82, 2.24) is 4.90 Å². The molecule has 0 aliphatic carbocycles. The summed E-state index contributed by atoms with van der Waals surface area (Å²) < 4.78 is 0. The predicted octanol–water partition coefficient (Wildman–Crippen LogP) is 1.12. The molecule has 0 saturated carbocycles. The summed E-state index contributed by atoms with van der Waals surface area (Å²) in [6.07, 6.45) is 0.966. The Morgan fingerprint density at radius 3 is 3.00 bits per heavy atom. The van der Waals surface area contributed by atoms with Crippen LogP contribution >= 0.6 is 11.3 Å². The standard InChI is InChI=1S/C8H13N3S/c1-11(8(9)10)5-4-7-3-2-6-12-7/h2-3,6H,4-5H2,1H3,(H3,9,10). The van der Waals surface area contributed by atoms with Crippen LogP contribution in [0.4, 0.5) is 0 Å². The molecule has 4 heteroatoms. The fraction of sp³-hybridized carbons (Fsp3) is 0.375. The van der Waals surface area contributed by atoms with Crippen LogP contribution in [0.3, 0.4) is 0 Å². The van der Waals surface area contributed by atoms with Crippen molar-refractivity contribution in [3.63, 3.8) is 0 Å². The fourth-order valence-electron chi connectivity index (χ4n) is 0.853. The largest absolute Gasteiger partial charge is 0.370 e. The van der Waals surface area contributed by atoms with E-state index >= 15 is 0 Å². The third-order valence-corrected chi connectivity index (χ3v) is 2.62. The van der Waals surface area contributed by atoms with E-state index in [0.29, 0.717) is 0 Å². The number of nitrogens with two attached hydrogens (primary N) is 1. The normalized spacial score (nSPS) is 9.75. The van der Waals surface area contributed by atoms with Crippen molar-refractivity contribution in [2.24, 2.45) is 5.73 Å². The van der Waals surface area contributed by atoms with Crippen molar-refractivity contribution in [2.75, 3.05) is 13.6 Å². The van der Waals surface area contributed by atoms with Crippen LogP contribution in [0.15, 0.2) is 17.5 Å². The summed E-state index contributed by atoms with van der Waals surface area (Å²) in [6, 6.07) is 4.13. The summed E-state index contributed by atoms with van der Waals surface area (Å²) in [6.45, 7) is 0.815. The summed E-state index contributed by atoms with van der Waals surface area (Å²) in [5.74, 6) is 0.131. The third kappa shape index (κ3) is 2.54. The van der Waals surface area contributed by atoms with Gasteiger partial charge >= 0.3 is 0 Å². The van der Waals surface area contributed by atoms with Crippen LogP contribution in [0.2, 0.25) is 0 Å². The van der Waals surface area contributed by atoms with E-state index in [9.17, 15) is 0 Å². The lowest BCUT2D eigenvalue weighted by Crippen LogP contribution is -2.34. The van der Waals surface area contributed by atoms with E-state index in [2.05, 4.69) is 11.4 Å². The van der Waals surface area contributed by atoms with Crippen molar-refractivity contribution in [2.45, 2.75) is 6.42 Å². The smallest absolute Gasteiger partial charge is 0.188 e. The zero-order valence-corrected chi connectivity index (χ0v) is 7.90. The van der Waals surface area contributed by atoms with Crippen molar-refractivity contribution < 1.29 is 0 Å². The summed E-state index contributed by atoms with van der Waals surface area (Å²) in [5, 5.41) is 9.19. The molecule has 0 unspecified atom stereocenters. The van der Waals surface area contributed by atoms with Gasteiger partial charge in [-0.3, -0.25) is 5.41 Å². The zero-order chi connectivity index (χ0) is 8.97. The highest BCUT2D eigenvalue weighted by atomic mass is 32.1. The van der Waals surface area contributed by atoms with Crippen LogP contribution in [0.25, 0.3) is 0 Å². The van der Waals surface area contributed by atoms with Gasteiger partial charge in [-0.1, -0.05) is 6.07 Å². The maximum Gasteiger partial charge on any atom is 0.188 e. The molecule has 66 valence electrons. The summed E-state index contributed by atoms with van der Waals surface area (Å²) >= 11 is 1.74. The highest BCUT2D eigenvalue weighted by Crippen LogP contribution is 2.08. The first-order chi connectivity index (χ1) is 5.70. The van der Waals surface area contributed by atoms with Gasteiger partial charge in [-0.05, 0) is 17.9 Å². The fourth-order valence-corrected chi connectivity index (χ4v) is 1.55. The molecular formula is C8H13N3S. The highest BCUT2D eigenvalue weighted by Gasteiger charge is 1.99. The maximum absolute atomic E-state index is 7.14. The van der Waals surface area contributed by atoms with Crippen LogP contribution in [-0.2, 0) is 6.42 Å². The van der Waals surface area contributed by atoms with E-state index < -0.39 is 0 Å². The SMILES string of the molecule is CN(CCc1cccs1)C(=N)N. The molecule has 0 spiro atoms. The van der Waals surface area contributed by atoms with Gasteiger partial charge in [0.15, 0.2) is 5.96 Å². The van der Waals surface area contributed by atoms with Gasteiger partial charge in [-0.15, -0.1) is 11.3 Å². The minimum absolute atomic E-state index is 0.131. The molecule has 12 heavy (non-hydrogen) atoms. The van der Waals surface area contributed by atoms with Crippen LogP contribution < -0.4 is 5.73 Å². The Bertz CT molecular complexity index is 243. The Morgan fingerprint density at radius 2 is 2.50 bits per heavy atom. The van der Waals surface area contributed by atoms with E-state index in [1.54, 1.807) is 16.2 Å². The minimum Gasteiger partial charge on any atom is -0.370 e. The highest BCUT2D eigenvalue weighted by molar-refractivity contribution is 7.09. The second-order valence-electron chi connectivity index (χ2n) is 2.64. The molecule has 0 amide bonds. The van der Waals surface area contributed by atoms with Crippen LogP contribution in [0.5, 0.6) is 0 Å². The van der Waals surface area contributed by atoms with Gasteiger partial charge in [0.05, 0.1) is 0 Å². The second-order valence-corrected chi connectivity index (χ2v) is 3.67. The molecule has 0 atom stereocenters.